The second-order valence-corrected chi connectivity index (χ2v) is 3.75. The molecule has 0 fully saturated rings. The highest BCUT2D eigenvalue weighted by Gasteiger charge is 2.11. The zero-order valence-corrected chi connectivity index (χ0v) is 9.75. The van der Waals surface area contributed by atoms with Gasteiger partial charge in [-0.1, -0.05) is 6.07 Å². The largest absolute Gasteiger partial charge is 0.373 e. The molecule has 0 aliphatic rings. The van der Waals surface area contributed by atoms with Crippen molar-refractivity contribution >= 4 is 16.8 Å². The van der Waals surface area contributed by atoms with Crippen LogP contribution in [0.1, 0.15) is 24.3 Å². The predicted molar refractivity (Wildman–Crippen MR) is 58.3 cm³/mol. The van der Waals surface area contributed by atoms with E-state index in [2.05, 4.69) is 14.5 Å². The van der Waals surface area contributed by atoms with Gasteiger partial charge in [-0.3, -0.25) is 4.18 Å². The molecule has 15 heavy (non-hydrogen) atoms. The summed E-state index contributed by atoms with van der Waals surface area (Å²) in [4.78, 5) is 4.23. The number of aromatic nitrogens is 1. The summed E-state index contributed by atoms with van der Waals surface area (Å²) in [6.07, 6.45) is -0.496. The molecular formula is C9H14N2O3S. The van der Waals surface area contributed by atoms with Gasteiger partial charge >= 0.3 is 0 Å². The lowest BCUT2D eigenvalue weighted by molar-refractivity contribution is 0.244. The summed E-state index contributed by atoms with van der Waals surface area (Å²) in [5.41, 5.74) is 1.53. The third-order valence-electron chi connectivity index (χ3n) is 2.06. The first-order chi connectivity index (χ1) is 7.04. The van der Waals surface area contributed by atoms with Gasteiger partial charge in [0.25, 0.3) is 11.0 Å². The molecule has 1 rings (SSSR count). The minimum Gasteiger partial charge on any atom is -0.373 e. The maximum Gasteiger partial charge on any atom is 0.257 e. The number of rotatable bonds is 4. The quantitative estimate of drug-likeness (QED) is 0.756. The van der Waals surface area contributed by atoms with Gasteiger partial charge in [-0.15, -0.1) is 0 Å². The Morgan fingerprint density at radius 3 is 2.60 bits per heavy atom. The van der Waals surface area contributed by atoms with Crippen LogP contribution in [0.15, 0.2) is 12.1 Å². The Morgan fingerprint density at radius 2 is 2.13 bits per heavy atom. The van der Waals surface area contributed by atoms with Gasteiger partial charge in [0.15, 0.2) is 0 Å². The molecule has 1 atom stereocenters. The zero-order chi connectivity index (χ0) is 11.4. The summed E-state index contributed by atoms with van der Waals surface area (Å²) >= 11 is 0. The average Bonchev–Trinajstić information content (AvgIpc) is 2.16. The molecule has 1 aromatic rings. The van der Waals surface area contributed by atoms with Crippen LogP contribution in [-0.2, 0) is 15.2 Å². The van der Waals surface area contributed by atoms with E-state index in [9.17, 15) is 8.42 Å². The summed E-state index contributed by atoms with van der Waals surface area (Å²) in [5.74, 6) is 0.745. The minimum atomic E-state index is -2.83. The van der Waals surface area contributed by atoms with Crippen LogP contribution in [-0.4, -0.2) is 20.4 Å². The summed E-state index contributed by atoms with van der Waals surface area (Å²) < 4.78 is 25.5. The maximum absolute atomic E-state index is 10.4. The van der Waals surface area contributed by atoms with Gasteiger partial charge in [0.05, 0.1) is 0 Å². The predicted octanol–water partition coefficient (Wildman–Crippen LogP) is 1.04. The molecular weight excluding hydrogens is 216 g/mol. The number of nitrogens with one attached hydrogen (secondary N) is 1. The molecule has 1 heterocycles. The maximum atomic E-state index is 10.4. The van der Waals surface area contributed by atoms with E-state index >= 15 is 0 Å². The number of hydrogen-bond acceptors (Lipinski definition) is 5. The second-order valence-electron chi connectivity index (χ2n) is 3.09. The molecule has 0 bridgehead atoms. The first kappa shape index (κ1) is 11.9. The molecule has 0 aliphatic carbocycles. The summed E-state index contributed by atoms with van der Waals surface area (Å²) in [6.45, 7) is 3.49. The Morgan fingerprint density at radius 1 is 1.47 bits per heavy atom. The van der Waals surface area contributed by atoms with E-state index in [0.29, 0.717) is 0 Å². The Hall–Kier alpha value is -1.14. The van der Waals surface area contributed by atoms with Gasteiger partial charge in [0.1, 0.15) is 11.9 Å². The standard InChI is InChI=1S/C9H14N2O3S/c1-6-8(7(2)14-15(12)13)4-5-9(10-3)11-6/h4-5,7,15H,1-3H3,(H,10,11). The fourth-order valence-electron chi connectivity index (χ4n) is 1.33. The van der Waals surface area contributed by atoms with Crippen molar-refractivity contribution in [1.82, 2.24) is 4.98 Å². The highest BCUT2D eigenvalue weighted by molar-refractivity contribution is 7.67. The molecule has 0 aliphatic heterocycles. The van der Waals surface area contributed by atoms with Gasteiger partial charge in [-0.25, -0.2) is 13.4 Å². The van der Waals surface area contributed by atoms with Crippen LogP contribution >= 0.6 is 0 Å². The highest BCUT2D eigenvalue weighted by Crippen LogP contribution is 2.20. The monoisotopic (exact) mass is 230 g/mol. The van der Waals surface area contributed by atoms with Gasteiger partial charge in [0.2, 0.25) is 0 Å². The van der Waals surface area contributed by atoms with Gasteiger partial charge in [-0.2, -0.15) is 0 Å². The van der Waals surface area contributed by atoms with Crippen molar-refractivity contribution < 1.29 is 12.6 Å². The van der Waals surface area contributed by atoms with Crippen molar-refractivity contribution in [3.8, 4) is 0 Å². The van der Waals surface area contributed by atoms with E-state index in [-0.39, 0.29) is 0 Å². The third-order valence-corrected chi connectivity index (χ3v) is 2.55. The average molecular weight is 230 g/mol. The van der Waals surface area contributed by atoms with E-state index in [0.717, 1.165) is 17.1 Å². The molecule has 0 amide bonds. The van der Waals surface area contributed by atoms with Crippen molar-refractivity contribution in [2.24, 2.45) is 0 Å². The Balaban J connectivity index is 2.94. The van der Waals surface area contributed by atoms with Crippen molar-refractivity contribution in [2.75, 3.05) is 12.4 Å². The molecule has 84 valence electrons. The number of aryl methyl sites for hydroxylation is 1. The van der Waals surface area contributed by atoms with Crippen molar-refractivity contribution in [3.05, 3.63) is 23.4 Å². The number of anilines is 1. The molecule has 0 saturated carbocycles. The summed E-state index contributed by atoms with van der Waals surface area (Å²) in [6, 6.07) is 3.58. The molecule has 1 N–H and O–H groups in total. The lowest BCUT2D eigenvalue weighted by Gasteiger charge is -2.12. The van der Waals surface area contributed by atoms with E-state index in [4.69, 9.17) is 0 Å². The van der Waals surface area contributed by atoms with Crippen LogP contribution in [0.5, 0.6) is 0 Å². The molecule has 1 unspecified atom stereocenters. The normalized spacial score (nSPS) is 12.8. The lowest BCUT2D eigenvalue weighted by Crippen LogP contribution is -2.04. The van der Waals surface area contributed by atoms with Crippen LogP contribution in [0, 0.1) is 6.92 Å². The Bertz CT molecular complexity index is 410. The first-order valence-corrected chi connectivity index (χ1v) is 5.60. The molecule has 1 aromatic heterocycles. The number of hydrogen-bond donors (Lipinski definition) is 2. The second kappa shape index (κ2) is 5.09. The fraction of sp³-hybridized carbons (Fsp3) is 0.444. The number of thiol groups is 1. The lowest BCUT2D eigenvalue weighted by atomic mass is 10.1. The minimum absolute atomic E-state index is 0.496. The smallest absolute Gasteiger partial charge is 0.257 e. The molecule has 5 nitrogen and oxygen atoms in total. The SMILES string of the molecule is CNc1ccc(C(C)O[SH](=O)=O)c(C)n1. The summed E-state index contributed by atoms with van der Waals surface area (Å²) in [7, 11) is -1.06. The van der Waals surface area contributed by atoms with Crippen molar-refractivity contribution in [1.29, 1.82) is 0 Å². The zero-order valence-electron chi connectivity index (χ0n) is 8.85. The topological polar surface area (TPSA) is 68.3 Å². The van der Waals surface area contributed by atoms with Gasteiger partial charge in [0, 0.05) is 18.3 Å². The van der Waals surface area contributed by atoms with Gasteiger partial charge in [-0.05, 0) is 19.9 Å². The highest BCUT2D eigenvalue weighted by atomic mass is 32.2. The first-order valence-electron chi connectivity index (χ1n) is 4.51. The van der Waals surface area contributed by atoms with Crippen molar-refractivity contribution in [3.63, 3.8) is 0 Å². The summed E-state index contributed by atoms with van der Waals surface area (Å²) in [5, 5.41) is 2.90. The molecule has 6 heteroatoms. The fourth-order valence-corrected chi connectivity index (χ4v) is 1.70. The third kappa shape index (κ3) is 3.17. The van der Waals surface area contributed by atoms with E-state index < -0.39 is 17.1 Å². The van der Waals surface area contributed by atoms with Crippen LogP contribution in [0.2, 0.25) is 0 Å². The molecule has 0 aromatic carbocycles. The van der Waals surface area contributed by atoms with E-state index in [1.54, 1.807) is 26.1 Å². The van der Waals surface area contributed by atoms with E-state index in [1.165, 1.54) is 0 Å². The van der Waals surface area contributed by atoms with Crippen LogP contribution in [0.25, 0.3) is 0 Å². The molecule has 0 radical (unpaired) electrons. The van der Waals surface area contributed by atoms with Crippen LogP contribution < -0.4 is 5.32 Å². The van der Waals surface area contributed by atoms with Crippen molar-refractivity contribution in [2.45, 2.75) is 20.0 Å². The Labute approximate surface area is 90.6 Å². The molecule has 0 saturated heterocycles. The molecule has 0 spiro atoms. The van der Waals surface area contributed by atoms with E-state index in [1.807, 2.05) is 6.92 Å². The van der Waals surface area contributed by atoms with Gasteiger partial charge < -0.3 is 5.32 Å². The number of nitrogens with zero attached hydrogens (tertiary/aromatic N) is 1. The van der Waals surface area contributed by atoms with Crippen LogP contribution in [0.3, 0.4) is 0 Å². The number of pyridine rings is 1. The Kier molecular flexibility index (Phi) is 4.05. The van der Waals surface area contributed by atoms with Crippen LogP contribution in [0.4, 0.5) is 5.82 Å².